The Kier molecular flexibility index (Phi) is 5.90. The molecule has 1 aromatic heterocycles. The van der Waals surface area contributed by atoms with Gasteiger partial charge >= 0.3 is 0 Å². The van der Waals surface area contributed by atoms with Gasteiger partial charge in [-0.05, 0) is 30.7 Å². The summed E-state index contributed by atoms with van der Waals surface area (Å²) >= 11 is 0. The molecule has 150 valence electrons. The molecule has 1 aromatic carbocycles. The highest BCUT2D eigenvalue weighted by atomic mass is 16.7. The highest BCUT2D eigenvalue weighted by Gasteiger charge is 2.18. The molecule has 1 atom stereocenters. The number of aromatic nitrogens is 2. The van der Waals surface area contributed by atoms with E-state index in [0.717, 1.165) is 41.8 Å². The molecule has 0 amide bonds. The van der Waals surface area contributed by atoms with Crippen molar-refractivity contribution in [1.29, 1.82) is 0 Å². The fourth-order valence-corrected chi connectivity index (χ4v) is 3.47. The van der Waals surface area contributed by atoms with Gasteiger partial charge in [0.2, 0.25) is 12.7 Å². The molecule has 2 aromatic rings. The van der Waals surface area contributed by atoms with Crippen molar-refractivity contribution in [3.8, 4) is 11.5 Å². The van der Waals surface area contributed by atoms with Gasteiger partial charge in [-0.1, -0.05) is 6.07 Å². The Labute approximate surface area is 164 Å². The number of hydrogen-bond donors (Lipinski definition) is 1. The number of anilines is 1. The summed E-state index contributed by atoms with van der Waals surface area (Å²) in [5, 5.41) is 9.95. The van der Waals surface area contributed by atoms with Crippen LogP contribution in [-0.4, -0.2) is 65.7 Å². The molecule has 8 nitrogen and oxygen atoms in total. The topological polar surface area (TPSA) is 80.2 Å². The molecule has 0 aliphatic carbocycles. The van der Waals surface area contributed by atoms with Gasteiger partial charge < -0.3 is 24.2 Å². The summed E-state index contributed by atoms with van der Waals surface area (Å²) < 4.78 is 16.3. The fourth-order valence-electron chi connectivity index (χ4n) is 3.47. The minimum Gasteiger partial charge on any atom is -0.454 e. The first-order valence-corrected chi connectivity index (χ1v) is 9.61. The molecule has 0 saturated carbocycles. The van der Waals surface area contributed by atoms with E-state index in [2.05, 4.69) is 14.8 Å². The van der Waals surface area contributed by atoms with Crippen LogP contribution in [0.5, 0.6) is 11.5 Å². The lowest BCUT2D eigenvalue weighted by Gasteiger charge is -2.27. The van der Waals surface area contributed by atoms with E-state index >= 15 is 0 Å². The first kappa shape index (κ1) is 18.9. The van der Waals surface area contributed by atoms with Gasteiger partial charge in [0, 0.05) is 38.9 Å². The zero-order valence-corrected chi connectivity index (χ0v) is 16.1. The number of nitrogens with zero attached hydrogens (tertiary/aromatic N) is 4. The number of morpholine rings is 1. The van der Waals surface area contributed by atoms with E-state index in [1.165, 1.54) is 0 Å². The SMILES string of the molecule is CC(O)CN(Cc1ccc2c(c1)OCO2)Cc1ccnc(N2CCOCC2)n1. The van der Waals surface area contributed by atoms with Crippen LogP contribution in [0.15, 0.2) is 30.5 Å². The van der Waals surface area contributed by atoms with E-state index in [1.807, 2.05) is 24.3 Å². The molecule has 0 radical (unpaired) electrons. The van der Waals surface area contributed by atoms with Gasteiger partial charge in [-0.2, -0.15) is 0 Å². The first-order chi connectivity index (χ1) is 13.7. The van der Waals surface area contributed by atoms with Crippen LogP contribution in [0.25, 0.3) is 0 Å². The van der Waals surface area contributed by atoms with Gasteiger partial charge in [-0.15, -0.1) is 0 Å². The summed E-state index contributed by atoms with van der Waals surface area (Å²) in [5.74, 6) is 2.28. The van der Waals surface area contributed by atoms with Crippen molar-refractivity contribution in [2.24, 2.45) is 0 Å². The molecule has 2 aliphatic rings. The predicted molar refractivity (Wildman–Crippen MR) is 103 cm³/mol. The van der Waals surface area contributed by atoms with Gasteiger partial charge in [0.25, 0.3) is 0 Å². The maximum absolute atomic E-state index is 9.95. The molecular weight excluding hydrogens is 360 g/mol. The molecule has 1 unspecified atom stereocenters. The number of fused-ring (bicyclic) bond motifs is 1. The molecule has 0 bridgehead atoms. The second-order valence-corrected chi connectivity index (χ2v) is 7.15. The van der Waals surface area contributed by atoms with Gasteiger partial charge in [0.15, 0.2) is 11.5 Å². The molecule has 8 heteroatoms. The van der Waals surface area contributed by atoms with Crippen LogP contribution in [0.4, 0.5) is 5.95 Å². The smallest absolute Gasteiger partial charge is 0.231 e. The van der Waals surface area contributed by atoms with Crippen molar-refractivity contribution in [2.75, 3.05) is 44.5 Å². The van der Waals surface area contributed by atoms with E-state index in [9.17, 15) is 5.11 Å². The maximum atomic E-state index is 9.95. The highest BCUT2D eigenvalue weighted by molar-refractivity contribution is 5.44. The molecule has 28 heavy (non-hydrogen) atoms. The van der Waals surface area contributed by atoms with Crippen molar-refractivity contribution in [3.05, 3.63) is 41.7 Å². The number of aliphatic hydroxyl groups is 1. The van der Waals surface area contributed by atoms with E-state index < -0.39 is 6.10 Å². The second kappa shape index (κ2) is 8.72. The Morgan fingerprint density at radius 2 is 1.96 bits per heavy atom. The first-order valence-electron chi connectivity index (χ1n) is 9.61. The number of benzene rings is 1. The van der Waals surface area contributed by atoms with Gasteiger partial charge in [-0.25, -0.2) is 9.97 Å². The zero-order valence-electron chi connectivity index (χ0n) is 16.1. The van der Waals surface area contributed by atoms with E-state index in [-0.39, 0.29) is 6.79 Å². The molecule has 2 aliphatic heterocycles. The normalized spacial score (nSPS) is 17.2. The summed E-state index contributed by atoms with van der Waals surface area (Å²) in [6.45, 7) is 6.92. The van der Waals surface area contributed by atoms with Crippen LogP contribution in [0.1, 0.15) is 18.2 Å². The largest absolute Gasteiger partial charge is 0.454 e. The number of aliphatic hydroxyl groups excluding tert-OH is 1. The van der Waals surface area contributed by atoms with Crippen LogP contribution in [-0.2, 0) is 17.8 Å². The Balaban J connectivity index is 1.47. The molecule has 0 spiro atoms. The molecule has 1 N–H and O–H groups in total. The van der Waals surface area contributed by atoms with E-state index in [1.54, 1.807) is 13.1 Å². The van der Waals surface area contributed by atoms with Gasteiger partial charge in [0.05, 0.1) is 25.0 Å². The summed E-state index contributed by atoms with van der Waals surface area (Å²) in [6.07, 6.45) is 1.36. The lowest BCUT2D eigenvalue weighted by atomic mass is 10.1. The third-order valence-electron chi connectivity index (χ3n) is 4.75. The number of ether oxygens (including phenoxy) is 3. The average Bonchev–Trinajstić information content (AvgIpc) is 3.16. The summed E-state index contributed by atoms with van der Waals surface area (Å²) in [7, 11) is 0. The van der Waals surface area contributed by atoms with Crippen LogP contribution in [0.2, 0.25) is 0 Å². The van der Waals surface area contributed by atoms with E-state index in [4.69, 9.17) is 19.2 Å². The standard InChI is InChI=1S/C20H26N4O4/c1-15(25)11-23(12-16-2-3-18-19(10-16)28-14-27-18)13-17-4-5-21-20(22-17)24-6-8-26-9-7-24/h2-5,10,15,25H,6-9,11-14H2,1H3. The summed E-state index contributed by atoms with van der Waals surface area (Å²) in [6, 6.07) is 7.89. The molecule has 1 saturated heterocycles. The molecule has 3 heterocycles. The lowest BCUT2D eigenvalue weighted by Crippen LogP contribution is -2.37. The van der Waals surface area contributed by atoms with Crippen LogP contribution in [0, 0.1) is 0 Å². The van der Waals surface area contributed by atoms with Crippen molar-refractivity contribution in [3.63, 3.8) is 0 Å². The van der Waals surface area contributed by atoms with Crippen molar-refractivity contribution < 1.29 is 19.3 Å². The van der Waals surface area contributed by atoms with Crippen LogP contribution in [0.3, 0.4) is 0 Å². The monoisotopic (exact) mass is 386 g/mol. The number of hydrogen-bond acceptors (Lipinski definition) is 8. The fraction of sp³-hybridized carbons (Fsp3) is 0.500. The second-order valence-electron chi connectivity index (χ2n) is 7.15. The Morgan fingerprint density at radius 3 is 2.79 bits per heavy atom. The van der Waals surface area contributed by atoms with Crippen molar-refractivity contribution in [1.82, 2.24) is 14.9 Å². The Hall–Kier alpha value is -2.42. The summed E-state index contributed by atoms with van der Waals surface area (Å²) in [4.78, 5) is 13.5. The Bertz CT molecular complexity index is 796. The lowest BCUT2D eigenvalue weighted by molar-refractivity contribution is 0.117. The predicted octanol–water partition coefficient (Wildman–Crippen LogP) is 1.42. The van der Waals surface area contributed by atoms with E-state index in [0.29, 0.717) is 32.8 Å². The molecular formula is C20H26N4O4. The highest BCUT2D eigenvalue weighted by Crippen LogP contribution is 2.32. The van der Waals surface area contributed by atoms with Crippen molar-refractivity contribution >= 4 is 5.95 Å². The minimum atomic E-state index is -0.436. The van der Waals surface area contributed by atoms with Crippen LogP contribution < -0.4 is 14.4 Å². The number of rotatable bonds is 7. The minimum absolute atomic E-state index is 0.265. The quantitative estimate of drug-likeness (QED) is 0.766. The van der Waals surface area contributed by atoms with Crippen molar-refractivity contribution in [2.45, 2.75) is 26.1 Å². The maximum Gasteiger partial charge on any atom is 0.231 e. The van der Waals surface area contributed by atoms with Crippen LogP contribution >= 0.6 is 0 Å². The van der Waals surface area contributed by atoms with Gasteiger partial charge in [0.1, 0.15) is 0 Å². The Morgan fingerprint density at radius 1 is 1.14 bits per heavy atom. The zero-order chi connectivity index (χ0) is 19.3. The average molecular weight is 386 g/mol. The molecule has 1 fully saturated rings. The summed E-state index contributed by atoms with van der Waals surface area (Å²) in [5.41, 5.74) is 2.03. The third-order valence-corrected chi connectivity index (χ3v) is 4.75. The molecule has 4 rings (SSSR count). The third kappa shape index (κ3) is 4.70. The van der Waals surface area contributed by atoms with Gasteiger partial charge in [-0.3, -0.25) is 4.90 Å².